The first-order valence-corrected chi connectivity index (χ1v) is 9.45. The number of anilines is 1. The van der Waals surface area contributed by atoms with Crippen LogP contribution in [0.5, 0.6) is 0 Å². The van der Waals surface area contributed by atoms with Crippen LogP contribution in [0.15, 0.2) is 53.7 Å². The number of halogens is 3. The van der Waals surface area contributed by atoms with Gasteiger partial charge in [-0.25, -0.2) is 0 Å². The topological polar surface area (TPSA) is 67.8 Å². The van der Waals surface area contributed by atoms with Gasteiger partial charge in [0.2, 0.25) is 0 Å². The highest BCUT2D eigenvalue weighted by Crippen LogP contribution is 2.28. The van der Waals surface area contributed by atoms with Gasteiger partial charge in [-0.1, -0.05) is 47.1 Å². The lowest BCUT2D eigenvalue weighted by molar-refractivity contribution is -0.0429. The summed E-state index contributed by atoms with van der Waals surface area (Å²) in [6.07, 6.45) is -0.388. The second-order valence-corrected chi connectivity index (χ2v) is 7.61. The molecule has 0 aliphatic carbocycles. The van der Waals surface area contributed by atoms with Crippen molar-refractivity contribution in [2.75, 3.05) is 4.72 Å². The van der Waals surface area contributed by atoms with Crippen LogP contribution in [0.25, 0.3) is 0 Å². The number of sulfonamides is 1. The molecule has 1 N–H and O–H groups in total. The Bertz CT molecular complexity index is 927. The Labute approximate surface area is 155 Å². The van der Waals surface area contributed by atoms with Crippen molar-refractivity contribution < 1.29 is 26.4 Å². The zero-order valence-corrected chi connectivity index (χ0v) is 15.7. The fraction of sp³-hybridized carbons (Fsp3) is 0.278. The fourth-order valence-electron chi connectivity index (χ4n) is 2.24. The maximum Gasteiger partial charge on any atom is 0.516 e. The first-order chi connectivity index (χ1) is 12.5. The van der Waals surface area contributed by atoms with E-state index in [1.54, 1.807) is 18.6 Å². The van der Waals surface area contributed by atoms with E-state index in [1.807, 2.05) is 30.3 Å². The zero-order valence-electron chi connectivity index (χ0n) is 14.9. The Morgan fingerprint density at radius 2 is 1.78 bits per heavy atom. The number of oxime groups is 1. The Morgan fingerprint density at radius 3 is 2.37 bits per heavy atom. The molecule has 0 saturated carbocycles. The number of nitrogens with zero attached hydrogens (tertiary/aromatic N) is 1. The third-order valence-corrected chi connectivity index (χ3v) is 4.83. The monoisotopic (exact) mass is 400 g/mol. The van der Waals surface area contributed by atoms with Gasteiger partial charge in [-0.05, 0) is 38.5 Å². The Kier molecular flexibility index (Phi) is 6.15. The van der Waals surface area contributed by atoms with Crippen molar-refractivity contribution in [1.29, 1.82) is 0 Å². The molecule has 2 aromatic rings. The average molecular weight is 400 g/mol. The maximum absolute atomic E-state index is 12.7. The van der Waals surface area contributed by atoms with E-state index in [4.69, 9.17) is 4.84 Å². The lowest BCUT2D eigenvalue weighted by Crippen LogP contribution is -2.30. The molecule has 1 unspecified atom stereocenters. The molecular weight excluding hydrogens is 381 g/mol. The average Bonchev–Trinajstić information content (AvgIpc) is 2.60. The molecule has 0 aliphatic rings. The van der Waals surface area contributed by atoms with Crippen LogP contribution in [0.4, 0.5) is 18.9 Å². The van der Waals surface area contributed by atoms with E-state index in [9.17, 15) is 21.6 Å². The van der Waals surface area contributed by atoms with Gasteiger partial charge in [-0.3, -0.25) is 4.72 Å². The van der Waals surface area contributed by atoms with Gasteiger partial charge in [0, 0.05) is 5.56 Å². The summed E-state index contributed by atoms with van der Waals surface area (Å²) in [5, 5.41) is 3.97. The van der Waals surface area contributed by atoms with Crippen molar-refractivity contribution in [2.24, 2.45) is 5.16 Å². The summed E-state index contributed by atoms with van der Waals surface area (Å²) in [5.41, 5.74) is -3.61. The molecule has 0 saturated heterocycles. The maximum atomic E-state index is 12.7. The number of aryl methyl sites for hydroxylation is 1. The van der Waals surface area contributed by atoms with Gasteiger partial charge in [0.05, 0.1) is 11.4 Å². The lowest BCUT2D eigenvalue weighted by Gasteiger charge is -2.15. The molecule has 2 aromatic carbocycles. The summed E-state index contributed by atoms with van der Waals surface area (Å²) in [6, 6.07) is 13.5. The smallest absolute Gasteiger partial charge is 0.388 e. The Morgan fingerprint density at radius 1 is 1.15 bits per heavy atom. The van der Waals surface area contributed by atoms with Crippen LogP contribution < -0.4 is 4.72 Å². The molecule has 1 atom stereocenters. The van der Waals surface area contributed by atoms with Gasteiger partial charge < -0.3 is 4.84 Å². The molecule has 0 aromatic heterocycles. The van der Waals surface area contributed by atoms with Crippen molar-refractivity contribution in [2.45, 2.75) is 32.4 Å². The summed E-state index contributed by atoms with van der Waals surface area (Å²) in [7, 11) is -5.54. The first kappa shape index (κ1) is 20.8. The predicted octanol–water partition coefficient (Wildman–Crippen LogP) is 4.76. The van der Waals surface area contributed by atoms with Crippen molar-refractivity contribution >= 4 is 21.4 Å². The molecule has 27 heavy (non-hydrogen) atoms. The van der Waals surface area contributed by atoms with Crippen LogP contribution in [0.3, 0.4) is 0 Å². The van der Waals surface area contributed by atoms with E-state index in [0.29, 0.717) is 0 Å². The molecule has 0 heterocycles. The number of hydrogen-bond acceptors (Lipinski definition) is 4. The lowest BCUT2D eigenvalue weighted by atomic mass is 10.1. The molecule has 0 aliphatic heterocycles. The molecule has 0 bridgehead atoms. The molecule has 0 spiro atoms. The van der Waals surface area contributed by atoms with Gasteiger partial charge in [-0.15, -0.1) is 0 Å². The highest BCUT2D eigenvalue weighted by molar-refractivity contribution is 7.93. The molecule has 2 rings (SSSR count). The van der Waals surface area contributed by atoms with Crippen LogP contribution in [-0.2, 0) is 14.9 Å². The molecular formula is C18H19F3N2O3S. The summed E-state index contributed by atoms with van der Waals surface area (Å²) in [6.45, 7) is 5.03. The molecule has 5 nitrogen and oxygen atoms in total. The number of alkyl halides is 3. The Hall–Kier alpha value is -2.55. The van der Waals surface area contributed by atoms with E-state index in [1.165, 1.54) is 25.1 Å². The van der Waals surface area contributed by atoms with E-state index < -0.39 is 15.5 Å². The third-order valence-electron chi connectivity index (χ3n) is 3.73. The van der Waals surface area contributed by atoms with Gasteiger partial charge in [-0.2, -0.15) is 21.6 Å². The van der Waals surface area contributed by atoms with Crippen LogP contribution in [-0.4, -0.2) is 19.6 Å². The molecule has 0 fully saturated rings. The standard InChI is InChI=1S/C18H19F3N2O3S/c1-12-9-10-17(23-27(24,25)18(19,20)21)16(11-12)13(2)22-26-14(3)15-7-5-4-6-8-15/h4-11,14,23H,1-3H3/b22-13+. The normalized spacial score (nSPS) is 13.9. The predicted molar refractivity (Wildman–Crippen MR) is 97.9 cm³/mol. The van der Waals surface area contributed by atoms with Gasteiger partial charge >= 0.3 is 15.5 Å². The van der Waals surface area contributed by atoms with Gasteiger partial charge in [0.15, 0.2) is 0 Å². The molecule has 0 radical (unpaired) electrons. The van der Waals surface area contributed by atoms with Crippen molar-refractivity contribution in [3.8, 4) is 0 Å². The SMILES string of the molecule is C/C(=N\OC(C)c1ccccc1)c1cc(C)ccc1NS(=O)(=O)C(F)(F)F. The first-order valence-electron chi connectivity index (χ1n) is 7.97. The van der Waals surface area contributed by atoms with Crippen LogP contribution in [0.2, 0.25) is 0 Å². The molecule has 146 valence electrons. The summed E-state index contributed by atoms with van der Waals surface area (Å²) in [5.74, 6) is 0. The van der Waals surface area contributed by atoms with Crippen LogP contribution in [0.1, 0.15) is 36.6 Å². The van der Waals surface area contributed by atoms with Crippen molar-refractivity contribution in [3.63, 3.8) is 0 Å². The Balaban J connectivity index is 2.30. The highest BCUT2D eigenvalue weighted by atomic mass is 32.2. The molecule has 0 amide bonds. The third kappa shape index (κ3) is 5.22. The van der Waals surface area contributed by atoms with Crippen molar-refractivity contribution in [3.05, 3.63) is 65.2 Å². The largest absolute Gasteiger partial charge is 0.516 e. The second-order valence-electron chi connectivity index (χ2n) is 5.94. The van der Waals surface area contributed by atoms with E-state index >= 15 is 0 Å². The highest BCUT2D eigenvalue weighted by Gasteiger charge is 2.46. The minimum absolute atomic E-state index is 0.197. The number of benzene rings is 2. The minimum Gasteiger partial charge on any atom is -0.388 e. The number of nitrogens with one attached hydrogen (secondary N) is 1. The number of hydrogen-bond donors (Lipinski definition) is 1. The minimum atomic E-state index is -5.54. The van der Waals surface area contributed by atoms with Crippen molar-refractivity contribution in [1.82, 2.24) is 0 Å². The zero-order chi connectivity index (χ0) is 20.2. The van der Waals surface area contributed by atoms with E-state index in [-0.39, 0.29) is 23.1 Å². The summed E-state index contributed by atoms with van der Waals surface area (Å²) >= 11 is 0. The van der Waals surface area contributed by atoms with Gasteiger partial charge in [0.1, 0.15) is 6.10 Å². The van der Waals surface area contributed by atoms with Crippen LogP contribution in [0, 0.1) is 6.92 Å². The summed E-state index contributed by atoms with van der Waals surface area (Å²) in [4.78, 5) is 5.43. The molecule has 9 heteroatoms. The summed E-state index contributed by atoms with van der Waals surface area (Å²) < 4.78 is 62.4. The van der Waals surface area contributed by atoms with E-state index in [0.717, 1.165) is 11.1 Å². The van der Waals surface area contributed by atoms with Crippen LogP contribution >= 0.6 is 0 Å². The van der Waals surface area contributed by atoms with E-state index in [2.05, 4.69) is 5.16 Å². The quantitative estimate of drug-likeness (QED) is 0.562. The number of rotatable bonds is 6. The second kappa shape index (κ2) is 7.99. The van der Waals surface area contributed by atoms with Gasteiger partial charge in [0.25, 0.3) is 0 Å². The fourth-order valence-corrected chi connectivity index (χ4v) is 2.82.